The molecule has 0 N–H and O–H groups in total. The second-order valence-corrected chi connectivity index (χ2v) is 7.22. The molecule has 2 aliphatic heterocycles. The molecule has 2 aromatic rings. The molecule has 2 aromatic carbocycles. The molecular weight excluding hydrogens is 359 g/mol. The zero-order valence-corrected chi connectivity index (χ0v) is 15.1. The summed E-state index contributed by atoms with van der Waals surface area (Å²) in [5.74, 6) is -0.0278. The molecule has 6 heteroatoms. The number of likely N-dealkylation sites (tertiary alicyclic amines) is 1. The van der Waals surface area contributed by atoms with Crippen molar-refractivity contribution >= 4 is 34.8 Å². The Morgan fingerprint density at radius 3 is 2.76 bits per heavy atom. The third-order valence-corrected chi connectivity index (χ3v) is 5.32. The van der Waals surface area contributed by atoms with Crippen molar-refractivity contribution < 1.29 is 9.63 Å². The fourth-order valence-corrected chi connectivity index (χ4v) is 3.93. The summed E-state index contributed by atoms with van der Waals surface area (Å²) in [5, 5.41) is 5.16. The van der Waals surface area contributed by atoms with E-state index in [-0.39, 0.29) is 17.9 Å². The number of hydrogen-bond acceptors (Lipinski definition) is 3. The number of hydrogen-bond donors (Lipinski definition) is 0. The zero-order valence-electron chi connectivity index (χ0n) is 13.6. The minimum absolute atomic E-state index is 0.0797. The van der Waals surface area contributed by atoms with Gasteiger partial charge in [-0.1, -0.05) is 52.6 Å². The highest BCUT2D eigenvalue weighted by Crippen LogP contribution is 2.32. The van der Waals surface area contributed by atoms with E-state index in [2.05, 4.69) is 18.1 Å². The van der Waals surface area contributed by atoms with Crippen LogP contribution in [0.1, 0.15) is 21.5 Å². The number of benzene rings is 2. The van der Waals surface area contributed by atoms with Crippen LogP contribution in [0.3, 0.4) is 0 Å². The standard InChI is InChI=1S/C19H16Cl2N2O2/c1-11-4-2-3-5-13(11)18-15-9-23(10-17(15)25-22-18)19(24)14-7-6-12(20)8-16(14)21/h2-8,15,17H,9-10H2,1H3. The van der Waals surface area contributed by atoms with Gasteiger partial charge in [0.1, 0.15) is 0 Å². The Balaban J connectivity index is 1.57. The van der Waals surface area contributed by atoms with Crippen LogP contribution in [-0.2, 0) is 4.84 Å². The van der Waals surface area contributed by atoms with E-state index >= 15 is 0 Å². The second kappa shape index (κ2) is 6.36. The average Bonchev–Trinajstić information content (AvgIpc) is 3.15. The summed E-state index contributed by atoms with van der Waals surface area (Å²) in [4.78, 5) is 20.2. The smallest absolute Gasteiger partial charge is 0.255 e. The lowest BCUT2D eigenvalue weighted by atomic mass is 9.92. The number of rotatable bonds is 2. The van der Waals surface area contributed by atoms with Crippen LogP contribution < -0.4 is 0 Å². The van der Waals surface area contributed by atoms with Crippen molar-refractivity contribution in [2.75, 3.05) is 13.1 Å². The number of fused-ring (bicyclic) bond motifs is 1. The van der Waals surface area contributed by atoms with Gasteiger partial charge in [0.2, 0.25) is 0 Å². The average molecular weight is 375 g/mol. The molecular formula is C19H16Cl2N2O2. The predicted molar refractivity (Wildman–Crippen MR) is 98.4 cm³/mol. The van der Waals surface area contributed by atoms with Crippen LogP contribution in [0.2, 0.25) is 10.0 Å². The number of oxime groups is 1. The van der Waals surface area contributed by atoms with Crippen LogP contribution in [0, 0.1) is 12.8 Å². The number of amides is 1. The highest BCUT2D eigenvalue weighted by molar-refractivity contribution is 6.36. The van der Waals surface area contributed by atoms with Crippen LogP contribution in [-0.4, -0.2) is 35.7 Å². The lowest BCUT2D eigenvalue weighted by Crippen LogP contribution is -2.30. The van der Waals surface area contributed by atoms with Crippen LogP contribution >= 0.6 is 23.2 Å². The van der Waals surface area contributed by atoms with E-state index in [9.17, 15) is 4.79 Å². The quantitative estimate of drug-likeness (QED) is 0.791. The van der Waals surface area contributed by atoms with Gasteiger partial charge in [-0.05, 0) is 30.7 Å². The largest absolute Gasteiger partial charge is 0.390 e. The normalized spacial score (nSPS) is 21.7. The third-order valence-electron chi connectivity index (χ3n) is 4.77. The monoisotopic (exact) mass is 374 g/mol. The Morgan fingerprint density at radius 1 is 1.20 bits per heavy atom. The molecule has 0 radical (unpaired) electrons. The Morgan fingerprint density at radius 2 is 2.00 bits per heavy atom. The first-order chi connectivity index (χ1) is 12.0. The van der Waals surface area contributed by atoms with Crippen LogP contribution in [0.15, 0.2) is 47.6 Å². The Hall–Kier alpha value is -2.04. The molecule has 1 fully saturated rings. The maximum atomic E-state index is 12.8. The van der Waals surface area contributed by atoms with Gasteiger partial charge in [0.25, 0.3) is 5.91 Å². The molecule has 2 unspecified atom stereocenters. The van der Waals surface area contributed by atoms with Crippen molar-refractivity contribution in [2.45, 2.75) is 13.0 Å². The molecule has 0 saturated carbocycles. The van der Waals surface area contributed by atoms with Crippen molar-refractivity contribution in [3.05, 3.63) is 69.2 Å². The lowest BCUT2D eigenvalue weighted by Gasteiger charge is -2.18. The summed E-state index contributed by atoms with van der Waals surface area (Å²) in [6.07, 6.45) is -0.107. The van der Waals surface area contributed by atoms with Gasteiger partial charge in [-0.3, -0.25) is 4.79 Å². The van der Waals surface area contributed by atoms with Crippen LogP contribution in [0.25, 0.3) is 0 Å². The van der Waals surface area contributed by atoms with Gasteiger partial charge in [-0.2, -0.15) is 0 Å². The molecule has 1 amide bonds. The SMILES string of the molecule is Cc1ccccc1C1=NOC2CN(C(=O)c3ccc(Cl)cc3Cl)CC12. The van der Waals surface area contributed by atoms with E-state index < -0.39 is 0 Å². The van der Waals surface area contributed by atoms with Crippen molar-refractivity contribution in [3.8, 4) is 0 Å². The summed E-state index contributed by atoms with van der Waals surface area (Å²) in [6, 6.07) is 13.0. The highest BCUT2D eigenvalue weighted by atomic mass is 35.5. The lowest BCUT2D eigenvalue weighted by molar-refractivity contribution is 0.0631. The molecule has 0 aliphatic carbocycles. The molecule has 1 saturated heterocycles. The summed E-state index contributed by atoms with van der Waals surface area (Å²) in [7, 11) is 0. The van der Waals surface area contributed by atoms with Crippen molar-refractivity contribution in [3.63, 3.8) is 0 Å². The van der Waals surface area contributed by atoms with Crippen LogP contribution in [0.4, 0.5) is 0 Å². The van der Waals surface area contributed by atoms with E-state index in [1.807, 2.05) is 18.2 Å². The third kappa shape index (κ3) is 2.90. The number of carbonyl (C=O) groups excluding carboxylic acids is 1. The van der Waals surface area contributed by atoms with Crippen molar-refractivity contribution in [1.82, 2.24) is 4.90 Å². The summed E-state index contributed by atoms with van der Waals surface area (Å²) in [6.45, 7) is 3.12. The molecule has 2 aliphatic rings. The van der Waals surface area contributed by atoms with Gasteiger partial charge in [0, 0.05) is 17.1 Å². The zero-order chi connectivity index (χ0) is 17.6. The number of halogens is 2. The van der Waals surface area contributed by atoms with Gasteiger partial charge < -0.3 is 9.74 Å². The highest BCUT2D eigenvalue weighted by Gasteiger charge is 2.44. The first-order valence-electron chi connectivity index (χ1n) is 8.08. The summed E-state index contributed by atoms with van der Waals surface area (Å²) < 4.78 is 0. The Kier molecular flexibility index (Phi) is 4.18. The van der Waals surface area contributed by atoms with E-state index in [0.717, 1.165) is 16.8 Å². The molecule has 0 bridgehead atoms. The maximum Gasteiger partial charge on any atom is 0.255 e. The second-order valence-electron chi connectivity index (χ2n) is 6.38. The molecule has 0 aromatic heterocycles. The topological polar surface area (TPSA) is 41.9 Å². The first-order valence-corrected chi connectivity index (χ1v) is 8.84. The van der Waals surface area contributed by atoms with Crippen molar-refractivity contribution in [1.29, 1.82) is 0 Å². The fraction of sp³-hybridized carbons (Fsp3) is 0.263. The van der Waals surface area contributed by atoms with E-state index in [4.69, 9.17) is 28.0 Å². The van der Waals surface area contributed by atoms with E-state index in [1.165, 1.54) is 0 Å². The van der Waals surface area contributed by atoms with E-state index in [0.29, 0.717) is 28.7 Å². The number of carbonyl (C=O) groups is 1. The molecule has 2 atom stereocenters. The number of aryl methyl sites for hydroxylation is 1. The molecule has 4 rings (SSSR count). The van der Waals surface area contributed by atoms with Crippen molar-refractivity contribution in [2.24, 2.45) is 11.1 Å². The van der Waals surface area contributed by atoms with Gasteiger partial charge in [0.15, 0.2) is 6.10 Å². The van der Waals surface area contributed by atoms with Gasteiger partial charge >= 0.3 is 0 Å². The Labute approximate surface area is 156 Å². The minimum atomic E-state index is -0.108. The minimum Gasteiger partial charge on any atom is -0.390 e. The molecule has 0 spiro atoms. The summed E-state index contributed by atoms with van der Waals surface area (Å²) >= 11 is 12.1. The molecule has 128 valence electrons. The van der Waals surface area contributed by atoms with E-state index in [1.54, 1.807) is 23.1 Å². The van der Waals surface area contributed by atoms with Gasteiger partial charge in [-0.25, -0.2) is 0 Å². The Bertz CT molecular complexity index is 881. The predicted octanol–water partition coefficient (Wildman–Crippen LogP) is 4.18. The molecule has 2 heterocycles. The fourth-order valence-electron chi connectivity index (χ4n) is 3.44. The van der Waals surface area contributed by atoms with Crippen LogP contribution in [0.5, 0.6) is 0 Å². The number of nitrogens with zero attached hydrogens (tertiary/aromatic N) is 2. The molecule has 4 nitrogen and oxygen atoms in total. The summed E-state index contributed by atoms with van der Waals surface area (Å²) in [5.41, 5.74) is 3.60. The first kappa shape index (κ1) is 16.4. The molecule has 25 heavy (non-hydrogen) atoms. The van der Waals surface area contributed by atoms with Gasteiger partial charge in [0.05, 0.1) is 28.8 Å². The van der Waals surface area contributed by atoms with Gasteiger partial charge in [-0.15, -0.1) is 0 Å². The maximum absolute atomic E-state index is 12.8.